The fourth-order valence-electron chi connectivity index (χ4n) is 7.22. The Kier molecular flexibility index (Phi) is 10.5. The number of carbonyl (C=O) groups excluding carboxylic acids is 5. The lowest BCUT2D eigenvalue weighted by Gasteiger charge is -2.36. The molecule has 12 nitrogen and oxygen atoms in total. The quantitative estimate of drug-likeness (QED) is 0.286. The standard InChI is InChI=1S/C35H51N5O7/c1-5-11-25(28(42)31(44)36-22-16-17-22)37-30(43)26-18-35(19-27(41)39(20-35)23-12-7-6-8-13-23)21-40(26)32(45)29(34(2,3)4)38-33(46)47-24-14-9-10-15-24/h6-8,12-13,22,24-26,28-29,42H,5,9-11,14-21H2,1-4H3,(H,36,44)(H,37,43)(H,38,46)/t25?,26-,28-,29+,35-/m0/s1. The van der Waals surface area contributed by atoms with Crippen molar-refractivity contribution in [1.29, 1.82) is 0 Å². The third-order valence-electron chi connectivity index (χ3n) is 9.93. The lowest BCUT2D eigenvalue weighted by atomic mass is 9.84. The van der Waals surface area contributed by atoms with Gasteiger partial charge in [-0.15, -0.1) is 0 Å². The molecule has 2 saturated carbocycles. The number of anilines is 1. The molecule has 4 fully saturated rings. The van der Waals surface area contributed by atoms with Crippen molar-refractivity contribution < 1.29 is 33.8 Å². The van der Waals surface area contributed by atoms with Gasteiger partial charge in [-0.2, -0.15) is 0 Å². The van der Waals surface area contributed by atoms with Crippen LogP contribution in [0.25, 0.3) is 0 Å². The van der Waals surface area contributed by atoms with Crippen LogP contribution in [-0.4, -0.2) is 89.2 Å². The van der Waals surface area contributed by atoms with Gasteiger partial charge >= 0.3 is 6.09 Å². The van der Waals surface area contributed by atoms with Crippen LogP contribution in [-0.2, 0) is 23.9 Å². The summed E-state index contributed by atoms with van der Waals surface area (Å²) in [7, 11) is 0. The molecule has 1 spiro atoms. The van der Waals surface area contributed by atoms with Gasteiger partial charge in [0.2, 0.25) is 17.7 Å². The average molecular weight is 654 g/mol. The van der Waals surface area contributed by atoms with Crippen molar-refractivity contribution in [3.63, 3.8) is 0 Å². The van der Waals surface area contributed by atoms with Crippen LogP contribution < -0.4 is 20.9 Å². The third-order valence-corrected chi connectivity index (χ3v) is 9.93. The molecule has 0 bridgehead atoms. The van der Waals surface area contributed by atoms with Gasteiger partial charge in [0.1, 0.15) is 18.2 Å². The van der Waals surface area contributed by atoms with Gasteiger partial charge in [-0.3, -0.25) is 19.2 Å². The van der Waals surface area contributed by atoms with Crippen LogP contribution in [0.4, 0.5) is 10.5 Å². The van der Waals surface area contributed by atoms with Gasteiger partial charge in [0, 0.05) is 36.7 Å². The van der Waals surface area contributed by atoms with Crippen LogP contribution in [0.3, 0.4) is 0 Å². The molecular formula is C35H51N5O7. The Bertz CT molecular complexity index is 1320. The third kappa shape index (κ3) is 8.25. The molecule has 0 radical (unpaired) electrons. The molecule has 5 amide bonds. The normalized spacial score (nSPS) is 25.0. The Morgan fingerprint density at radius 3 is 2.32 bits per heavy atom. The lowest BCUT2D eigenvalue weighted by molar-refractivity contribution is -0.143. The Labute approximate surface area is 277 Å². The van der Waals surface area contributed by atoms with Crippen molar-refractivity contribution in [2.24, 2.45) is 10.8 Å². The van der Waals surface area contributed by atoms with Crippen LogP contribution in [0.5, 0.6) is 0 Å². The molecule has 1 unspecified atom stereocenters. The number of amides is 5. The van der Waals surface area contributed by atoms with Crippen LogP contribution in [0, 0.1) is 10.8 Å². The average Bonchev–Trinajstić information content (AvgIpc) is 3.39. The molecule has 0 aromatic heterocycles. The highest BCUT2D eigenvalue weighted by Gasteiger charge is 2.56. The Balaban J connectivity index is 1.40. The van der Waals surface area contributed by atoms with Crippen LogP contribution in [0.15, 0.2) is 30.3 Å². The molecule has 2 aliphatic heterocycles. The van der Waals surface area contributed by atoms with Gasteiger partial charge < -0.3 is 35.6 Å². The molecule has 4 N–H and O–H groups in total. The topological polar surface area (TPSA) is 157 Å². The molecule has 2 heterocycles. The van der Waals surface area contributed by atoms with Crippen molar-refractivity contribution in [2.45, 2.75) is 128 Å². The van der Waals surface area contributed by atoms with Gasteiger partial charge in [0.15, 0.2) is 6.10 Å². The number of carbonyl (C=O) groups is 5. The molecule has 1 aromatic carbocycles. The summed E-state index contributed by atoms with van der Waals surface area (Å²) < 4.78 is 5.64. The maximum Gasteiger partial charge on any atom is 0.408 e. The molecular weight excluding hydrogens is 602 g/mol. The highest BCUT2D eigenvalue weighted by atomic mass is 16.6. The zero-order valence-corrected chi connectivity index (χ0v) is 28.1. The maximum absolute atomic E-state index is 14.5. The number of hydrogen-bond acceptors (Lipinski definition) is 7. The molecule has 2 saturated heterocycles. The summed E-state index contributed by atoms with van der Waals surface area (Å²) in [6, 6.07) is 6.51. The van der Waals surface area contributed by atoms with E-state index >= 15 is 0 Å². The zero-order valence-electron chi connectivity index (χ0n) is 28.1. The van der Waals surface area contributed by atoms with Gasteiger partial charge in [-0.1, -0.05) is 52.3 Å². The number of hydrogen-bond donors (Lipinski definition) is 4. The molecule has 1 aromatic rings. The summed E-state index contributed by atoms with van der Waals surface area (Å²) >= 11 is 0. The van der Waals surface area contributed by atoms with E-state index in [4.69, 9.17) is 4.74 Å². The van der Waals surface area contributed by atoms with Gasteiger partial charge in [0.05, 0.1) is 6.04 Å². The minimum absolute atomic E-state index is 0.0487. The number of rotatable bonds is 11. The number of nitrogens with zero attached hydrogens (tertiary/aromatic N) is 2. The van der Waals surface area contributed by atoms with Crippen LogP contribution in [0.1, 0.15) is 91.9 Å². The number of alkyl carbamates (subject to hydrolysis) is 1. The van der Waals surface area contributed by atoms with E-state index in [-0.39, 0.29) is 37.4 Å². The second-order valence-corrected chi connectivity index (χ2v) is 15.1. The number of benzene rings is 1. The minimum Gasteiger partial charge on any atom is -0.446 e. The molecule has 4 aliphatic rings. The molecule has 2 aliphatic carbocycles. The Morgan fingerprint density at radius 1 is 1.02 bits per heavy atom. The zero-order chi connectivity index (χ0) is 33.9. The molecule has 5 atom stereocenters. The second kappa shape index (κ2) is 14.2. The molecule has 258 valence electrons. The summed E-state index contributed by atoms with van der Waals surface area (Å²) in [6.07, 6.45) is 4.29. The monoisotopic (exact) mass is 653 g/mol. The minimum atomic E-state index is -1.45. The van der Waals surface area contributed by atoms with E-state index < -0.39 is 58.9 Å². The number of nitrogens with one attached hydrogen (secondary N) is 3. The van der Waals surface area contributed by atoms with Crippen molar-refractivity contribution >= 4 is 35.4 Å². The predicted octanol–water partition coefficient (Wildman–Crippen LogP) is 3.02. The molecule has 5 rings (SSSR count). The largest absolute Gasteiger partial charge is 0.446 e. The summed E-state index contributed by atoms with van der Waals surface area (Å²) in [6.45, 7) is 7.88. The summed E-state index contributed by atoms with van der Waals surface area (Å²) in [5.74, 6) is -1.56. The van der Waals surface area contributed by atoms with Gasteiger partial charge in [-0.05, 0) is 68.9 Å². The first-order chi connectivity index (χ1) is 22.3. The van der Waals surface area contributed by atoms with Crippen LogP contribution >= 0.6 is 0 Å². The van der Waals surface area contributed by atoms with Crippen molar-refractivity contribution in [2.75, 3.05) is 18.0 Å². The van der Waals surface area contributed by atoms with E-state index in [0.717, 1.165) is 44.2 Å². The van der Waals surface area contributed by atoms with Crippen LogP contribution in [0.2, 0.25) is 0 Å². The van der Waals surface area contributed by atoms with E-state index in [1.54, 1.807) is 4.90 Å². The predicted molar refractivity (Wildman–Crippen MR) is 175 cm³/mol. The number of likely N-dealkylation sites (tertiary alicyclic amines) is 1. The van der Waals surface area contributed by atoms with Crippen molar-refractivity contribution in [1.82, 2.24) is 20.9 Å². The fraction of sp³-hybridized carbons (Fsp3) is 0.686. The van der Waals surface area contributed by atoms with E-state index in [0.29, 0.717) is 19.4 Å². The van der Waals surface area contributed by atoms with Gasteiger partial charge in [-0.25, -0.2) is 4.79 Å². The van der Waals surface area contributed by atoms with E-state index in [9.17, 15) is 29.1 Å². The maximum atomic E-state index is 14.5. The lowest BCUT2D eigenvalue weighted by Crippen LogP contribution is -2.59. The highest BCUT2D eigenvalue weighted by Crippen LogP contribution is 2.45. The number of aliphatic hydroxyl groups is 1. The fourth-order valence-corrected chi connectivity index (χ4v) is 7.22. The van der Waals surface area contributed by atoms with Crippen molar-refractivity contribution in [3.8, 4) is 0 Å². The Hall–Kier alpha value is -3.67. The molecule has 12 heteroatoms. The van der Waals surface area contributed by atoms with E-state index in [1.165, 1.54) is 4.90 Å². The van der Waals surface area contributed by atoms with Crippen molar-refractivity contribution in [3.05, 3.63) is 30.3 Å². The second-order valence-electron chi connectivity index (χ2n) is 15.1. The first-order valence-electron chi connectivity index (χ1n) is 17.2. The number of ether oxygens (including phenoxy) is 1. The first kappa shape index (κ1) is 34.7. The van der Waals surface area contributed by atoms with Gasteiger partial charge in [0.25, 0.3) is 5.91 Å². The summed E-state index contributed by atoms with van der Waals surface area (Å²) in [5.41, 5.74) is -0.692. The highest BCUT2D eigenvalue weighted by molar-refractivity contribution is 5.98. The summed E-state index contributed by atoms with van der Waals surface area (Å²) in [4.78, 5) is 71.0. The smallest absolute Gasteiger partial charge is 0.408 e. The summed E-state index contributed by atoms with van der Waals surface area (Å²) in [5, 5.41) is 19.4. The van der Waals surface area contributed by atoms with E-state index in [2.05, 4.69) is 16.0 Å². The number of para-hydroxylation sites is 1. The molecule has 47 heavy (non-hydrogen) atoms. The number of aliphatic hydroxyl groups excluding tert-OH is 1. The first-order valence-corrected chi connectivity index (χ1v) is 17.2. The van der Waals surface area contributed by atoms with E-state index in [1.807, 2.05) is 58.0 Å². The SMILES string of the molecule is CCCC(NC(=O)[C@@H]1C[C@@]2(CC(=O)N(c3ccccc3)C2)CN1C(=O)[C@@H](NC(=O)OC1CCCC1)C(C)(C)C)[C@H](O)C(=O)NC1CC1. The Morgan fingerprint density at radius 2 is 1.70 bits per heavy atom.